The smallest absolute Gasteiger partial charge is 0.256 e. The van der Waals surface area contributed by atoms with Gasteiger partial charge in [0.25, 0.3) is 5.91 Å². The Morgan fingerprint density at radius 2 is 2.15 bits per heavy atom. The Kier molecular flexibility index (Phi) is 6.86. The summed E-state index contributed by atoms with van der Waals surface area (Å²) in [7, 11) is 1.53. The molecule has 3 N–H and O–H groups in total. The van der Waals surface area contributed by atoms with Crippen molar-refractivity contribution in [1.82, 2.24) is 25.3 Å². The number of methoxy groups -OCH3 is 1. The van der Waals surface area contributed by atoms with Crippen LogP contribution in [0.3, 0.4) is 0 Å². The van der Waals surface area contributed by atoms with Gasteiger partial charge < -0.3 is 25.4 Å². The van der Waals surface area contributed by atoms with Crippen LogP contribution in [0.4, 0.5) is 11.8 Å². The fraction of sp³-hybridized carbons (Fsp3) is 0.348. The molecule has 1 amide bonds. The van der Waals surface area contributed by atoms with E-state index < -0.39 is 18.4 Å². The Balaban J connectivity index is 1.62. The largest absolute Gasteiger partial charge is 0.495 e. The molecule has 178 valence electrons. The quantitative estimate of drug-likeness (QED) is 0.419. The molecule has 3 heterocycles. The lowest BCUT2D eigenvalue weighted by Crippen LogP contribution is -2.34. The van der Waals surface area contributed by atoms with Gasteiger partial charge in [0.05, 0.1) is 31.3 Å². The van der Waals surface area contributed by atoms with E-state index >= 15 is 0 Å². The second-order valence-corrected chi connectivity index (χ2v) is 7.91. The van der Waals surface area contributed by atoms with Crippen molar-refractivity contribution in [2.45, 2.75) is 32.0 Å². The predicted molar refractivity (Wildman–Crippen MR) is 128 cm³/mol. The van der Waals surface area contributed by atoms with E-state index in [9.17, 15) is 9.90 Å². The molecule has 1 aliphatic heterocycles. The molecule has 1 unspecified atom stereocenters. The molecule has 2 aromatic heterocycles. The lowest BCUT2D eigenvalue weighted by atomic mass is 10.2. The zero-order valence-corrected chi connectivity index (χ0v) is 19.3. The molecule has 3 aromatic rings. The number of benzene rings is 1. The summed E-state index contributed by atoms with van der Waals surface area (Å²) in [5.41, 5.74) is 0.976. The van der Waals surface area contributed by atoms with Gasteiger partial charge in [-0.1, -0.05) is 17.7 Å². The van der Waals surface area contributed by atoms with Crippen LogP contribution in [0, 0.1) is 0 Å². The first-order valence-corrected chi connectivity index (χ1v) is 11.1. The standard InChI is InChI=1S/C23H26ClN7O3/c1-34-19-6-5-15(10-18(19)24)11-27-21-17(22(33)28-13-20-25-7-3-8-26-20)12-29-23(30-21)31-9-2-4-16(31)14-32/h3,5-8,10,12,16,32H,2,4,9,11,13-14H2,1H3,(H,28,33)(H,27,29,30)/i9D2. The number of carbonyl (C=O) groups is 1. The van der Waals surface area contributed by atoms with E-state index in [4.69, 9.17) is 19.1 Å². The van der Waals surface area contributed by atoms with Crippen LogP contribution in [0.1, 0.15) is 37.3 Å². The van der Waals surface area contributed by atoms with Gasteiger partial charge in [0.15, 0.2) is 0 Å². The lowest BCUT2D eigenvalue weighted by molar-refractivity contribution is 0.0950. The predicted octanol–water partition coefficient (Wildman–Crippen LogP) is 2.43. The summed E-state index contributed by atoms with van der Waals surface area (Å²) in [6.45, 7) is -1.59. The Labute approximate surface area is 205 Å². The number of halogens is 1. The first-order chi connectivity index (χ1) is 17.3. The van der Waals surface area contributed by atoms with Gasteiger partial charge in [0, 0.05) is 34.4 Å². The van der Waals surface area contributed by atoms with Crippen molar-refractivity contribution in [1.29, 1.82) is 0 Å². The molecular formula is C23H26ClN7O3. The molecule has 1 atom stereocenters. The molecular weight excluding hydrogens is 458 g/mol. The Hall–Kier alpha value is -3.50. The molecule has 1 aliphatic rings. The number of aromatic nitrogens is 4. The highest BCUT2D eigenvalue weighted by atomic mass is 35.5. The van der Waals surface area contributed by atoms with Gasteiger partial charge >= 0.3 is 0 Å². The number of ether oxygens (including phenoxy) is 1. The highest BCUT2D eigenvalue weighted by molar-refractivity contribution is 6.32. The SMILES string of the molecule is [2H]C1([2H])CCC(CO)N1c1ncc(C(=O)NCc2ncccn2)c(NCc2ccc(OC)c(Cl)c2)n1. The van der Waals surface area contributed by atoms with Crippen LogP contribution in [0.15, 0.2) is 42.9 Å². The summed E-state index contributed by atoms with van der Waals surface area (Å²) >= 11 is 6.24. The number of hydrogen-bond donors (Lipinski definition) is 3. The van der Waals surface area contributed by atoms with Crippen LogP contribution < -0.4 is 20.3 Å². The second kappa shape index (κ2) is 11.1. The van der Waals surface area contributed by atoms with E-state index in [1.54, 1.807) is 30.6 Å². The van der Waals surface area contributed by atoms with Gasteiger partial charge in [-0.25, -0.2) is 15.0 Å². The minimum Gasteiger partial charge on any atom is -0.495 e. The van der Waals surface area contributed by atoms with Crippen molar-refractivity contribution in [2.24, 2.45) is 0 Å². The van der Waals surface area contributed by atoms with Gasteiger partial charge in [-0.05, 0) is 36.6 Å². The van der Waals surface area contributed by atoms with Crippen molar-refractivity contribution in [3.8, 4) is 5.75 Å². The maximum Gasteiger partial charge on any atom is 0.256 e. The Morgan fingerprint density at radius 1 is 1.32 bits per heavy atom. The lowest BCUT2D eigenvalue weighted by Gasteiger charge is -2.24. The molecule has 1 aromatic carbocycles. The number of nitrogens with zero attached hydrogens (tertiary/aromatic N) is 5. The molecule has 1 saturated heterocycles. The van der Waals surface area contributed by atoms with Crippen LogP contribution in [-0.2, 0) is 13.1 Å². The molecule has 1 fully saturated rings. The summed E-state index contributed by atoms with van der Waals surface area (Å²) in [4.78, 5) is 31.4. The van der Waals surface area contributed by atoms with Crippen LogP contribution in [0.5, 0.6) is 5.75 Å². The van der Waals surface area contributed by atoms with Gasteiger partial charge in [0.2, 0.25) is 5.95 Å². The number of carbonyl (C=O) groups excluding carboxylic acids is 1. The summed E-state index contributed by atoms with van der Waals surface area (Å²) < 4.78 is 21.9. The molecule has 0 radical (unpaired) electrons. The molecule has 10 nitrogen and oxygen atoms in total. The van der Waals surface area contributed by atoms with Crippen LogP contribution in [0.25, 0.3) is 0 Å². The first kappa shape index (κ1) is 21.1. The van der Waals surface area contributed by atoms with Gasteiger partial charge in [-0.15, -0.1) is 0 Å². The summed E-state index contributed by atoms with van der Waals surface area (Å²) in [5.74, 6) is 0.820. The highest BCUT2D eigenvalue weighted by Crippen LogP contribution is 2.27. The number of hydrogen-bond acceptors (Lipinski definition) is 9. The fourth-order valence-electron chi connectivity index (χ4n) is 3.49. The molecule has 0 saturated carbocycles. The van der Waals surface area contributed by atoms with Crippen LogP contribution in [0.2, 0.25) is 5.02 Å². The Bertz CT molecular complexity index is 1220. The van der Waals surface area contributed by atoms with E-state index in [0.29, 0.717) is 23.0 Å². The number of amides is 1. The Morgan fingerprint density at radius 3 is 2.88 bits per heavy atom. The molecule has 4 rings (SSSR count). The summed E-state index contributed by atoms with van der Waals surface area (Å²) in [6.07, 6.45) is 5.20. The first-order valence-electron chi connectivity index (χ1n) is 11.7. The molecule has 0 aliphatic carbocycles. The number of aliphatic hydroxyl groups excluding tert-OH is 1. The number of anilines is 2. The van der Waals surface area contributed by atoms with Crippen molar-refractivity contribution in [3.05, 3.63) is 64.8 Å². The van der Waals surface area contributed by atoms with E-state index in [0.717, 1.165) is 5.56 Å². The number of aliphatic hydroxyl groups is 1. The summed E-state index contributed by atoms with van der Waals surface area (Å²) in [6, 6.07) is 6.52. The number of rotatable bonds is 9. The highest BCUT2D eigenvalue weighted by Gasteiger charge is 2.27. The monoisotopic (exact) mass is 485 g/mol. The zero-order chi connectivity index (χ0) is 25.7. The van der Waals surface area contributed by atoms with E-state index in [-0.39, 0.29) is 43.4 Å². The van der Waals surface area contributed by atoms with Gasteiger partial charge in [-0.2, -0.15) is 4.98 Å². The molecule has 11 heteroatoms. The molecule has 34 heavy (non-hydrogen) atoms. The van der Waals surface area contributed by atoms with Gasteiger partial charge in [0.1, 0.15) is 23.0 Å². The van der Waals surface area contributed by atoms with Crippen molar-refractivity contribution < 1.29 is 17.4 Å². The third kappa shape index (κ3) is 5.52. The van der Waals surface area contributed by atoms with Crippen molar-refractivity contribution >= 4 is 29.3 Å². The molecule has 0 spiro atoms. The summed E-state index contributed by atoms with van der Waals surface area (Å²) in [5, 5.41) is 16.1. The normalized spacial score (nSPS) is 17.6. The minimum absolute atomic E-state index is 0.0785. The van der Waals surface area contributed by atoms with Crippen molar-refractivity contribution in [2.75, 3.05) is 30.4 Å². The van der Waals surface area contributed by atoms with Crippen LogP contribution in [-0.4, -0.2) is 57.2 Å². The topological polar surface area (TPSA) is 125 Å². The third-order valence-corrected chi connectivity index (χ3v) is 5.57. The van der Waals surface area contributed by atoms with E-state index in [1.807, 2.05) is 6.07 Å². The fourth-order valence-corrected chi connectivity index (χ4v) is 3.77. The number of nitrogens with one attached hydrogen (secondary N) is 2. The second-order valence-electron chi connectivity index (χ2n) is 7.51. The average Bonchev–Trinajstić information content (AvgIpc) is 3.20. The van der Waals surface area contributed by atoms with E-state index in [1.165, 1.54) is 18.2 Å². The van der Waals surface area contributed by atoms with E-state index in [2.05, 4.69) is 30.6 Å². The molecule has 0 bridgehead atoms. The minimum atomic E-state index is -1.73. The zero-order valence-electron chi connectivity index (χ0n) is 20.5. The van der Waals surface area contributed by atoms with Crippen molar-refractivity contribution in [3.63, 3.8) is 0 Å². The average molecular weight is 486 g/mol. The van der Waals surface area contributed by atoms with Gasteiger partial charge in [-0.3, -0.25) is 4.79 Å². The third-order valence-electron chi connectivity index (χ3n) is 5.27. The van der Waals surface area contributed by atoms with Crippen LogP contribution >= 0.6 is 11.6 Å². The maximum absolute atomic E-state index is 13.0. The maximum atomic E-state index is 13.0.